The lowest BCUT2D eigenvalue weighted by atomic mass is 10.2. The largest absolute Gasteiger partial charge is 0.362 e. The summed E-state index contributed by atoms with van der Waals surface area (Å²) < 4.78 is 0. The number of non-ortho nitro benzene ring substituents is 1. The molecule has 0 aliphatic carbocycles. The third kappa shape index (κ3) is 1.65. The number of rotatable bonds is 2. The fourth-order valence-electron chi connectivity index (χ4n) is 1.50. The van der Waals surface area contributed by atoms with E-state index in [1.165, 1.54) is 18.5 Å². The molecule has 1 aromatic heterocycles. The number of anilines is 1. The Morgan fingerprint density at radius 1 is 1.31 bits per heavy atom. The van der Waals surface area contributed by atoms with Gasteiger partial charge in [-0.25, -0.2) is 9.97 Å². The maximum Gasteiger partial charge on any atom is 0.271 e. The minimum Gasteiger partial charge on any atom is -0.362 e. The van der Waals surface area contributed by atoms with Gasteiger partial charge in [0.05, 0.1) is 10.4 Å². The fourth-order valence-corrected chi connectivity index (χ4v) is 1.50. The number of fused-ring (bicyclic) bond motifs is 1. The molecule has 0 saturated heterocycles. The number of aromatic nitrogens is 2. The van der Waals surface area contributed by atoms with E-state index in [4.69, 9.17) is 0 Å². The zero-order valence-electron chi connectivity index (χ0n) is 8.91. The van der Waals surface area contributed by atoms with Crippen LogP contribution in [0, 0.1) is 10.1 Å². The summed E-state index contributed by atoms with van der Waals surface area (Å²) in [6.07, 6.45) is 1.40. The van der Waals surface area contributed by atoms with Gasteiger partial charge in [0.15, 0.2) is 0 Å². The molecule has 0 spiro atoms. The zero-order valence-corrected chi connectivity index (χ0v) is 8.91. The minimum atomic E-state index is -0.434. The molecule has 0 atom stereocenters. The molecule has 1 aromatic carbocycles. The normalized spacial score (nSPS) is 10.4. The van der Waals surface area contributed by atoms with Gasteiger partial charge >= 0.3 is 0 Å². The van der Waals surface area contributed by atoms with Crippen LogP contribution in [0.3, 0.4) is 0 Å². The Labute approximate surface area is 91.7 Å². The van der Waals surface area contributed by atoms with E-state index in [-0.39, 0.29) is 5.69 Å². The second-order valence-corrected chi connectivity index (χ2v) is 3.55. The van der Waals surface area contributed by atoms with Crippen molar-refractivity contribution in [3.05, 3.63) is 34.6 Å². The Morgan fingerprint density at radius 3 is 2.69 bits per heavy atom. The molecule has 2 aromatic rings. The van der Waals surface area contributed by atoms with Crippen molar-refractivity contribution >= 4 is 22.4 Å². The number of benzene rings is 1. The first-order chi connectivity index (χ1) is 7.59. The van der Waals surface area contributed by atoms with E-state index < -0.39 is 4.92 Å². The van der Waals surface area contributed by atoms with E-state index >= 15 is 0 Å². The van der Waals surface area contributed by atoms with Crippen LogP contribution in [0.25, 0.3) is 10.9 Å². The number of nitro groups is 1. The highest BCUT2D eigenvalue weighted by Gasteiger charge is 2.10. The molecule has 2 rings (SSSR count). The monoisotopic (exact) mass is 218 g/mol. The highest BCUT2D eigenvalue weighted by atomic mass is 16.6. The molecule has 16 heavy (non-hydrogen) atoms. The van der Waals surface area contributed by atoms with Crippen molar-refractivity contribution in [2.24, 2.45) is 0 Å². The first-order valence-electron chi connectivity index (χ1n) is 4.66. The summed E-state index contributed by atoms with van der Waals surface area (Å²) in [6, 6.07) is 4.57. The molecule has 1 heterocycles. The summed E-state index contributed by atoms with van der Waals surface area (Å²) in [5, 5.41) is 11.4. The van der Waals surface area contributed by atoms with Crippen molar-refractivity contribution in [2.45, 2.75) is 0 Å². The molecule has 6 heteroatoms. The van der Waals surface area contributed by atoms with Gasteiger partial charge in [0.2, 0.25) is 0 Å². The van der Waals surface area contributed by atoms with E-state index in [9.17, 15) is 10.1 Å². The molecule has 0 aliphatic rings. The Bertz CT molecular complexity index is 554. The van der Waals surface area contributed by atoms with Gasteiger partial charge in [-0.05, 0) is 6.07 Å². The molecule has 82 valence electrons. The van der Waals surface area contributed by atoms with Crippen LogP contribution in [-0.4, -0.2) is 29.0 Å². The smallest absolute Gasteiger partial charge is 0.271 e. The second kappa shape index (κ2) is 3.73. The molecular weight excluding hydrogens is 208 g/mol. The molecule has 0 unspecified atom stereocenters. The van der Waals surface area contributed by atoms with E-state index in [1.54, 1.807) is 6.07 Å². The van der Waals surface area contributed by atoms with Crippen molar-refractivity contribution in [1.29, 1.82) is 0 Å². The number of nitro benzene ring substituents is 1. The van der Waals surface area contributed by atoms with Gasteiger partial charge in [0.1, 0.15) is 12.1 Å². The van der Waals surface area contributed by atoms with Gasteiger partial charge in [-0.3, -0.25) is 10.1 Å². The van der Waals surface area contributed by atoms with Gasteiger partial charge < -0.3 is 4.90 Å². The van der Waals surface area contributed by atoms with E-state index in [0.29, 0.717) is 5.52 Å². The molecule has 0 amide bonds. The summed E-state index contributed by atoms with van der Waals surface area (Å²) in [5.74, 6) is 0.750. The maximum absolute atomic E-state index is 10.6. The van der Waals surface area contributed by atoms with Gasteiger partial charge in [0, 0.05) is 31.6 Å². The van der Waals surface area contributed by atoms with E-state index in [1.807, 2.05) is 19.0 Å². The highest BCUT2D eigenvalue weighted by molar-refractivity contribution is 5.90. The molecular formula is C10H10N4O2. The number of hydrogen-bond acceptors (Lipinski definition) is 5. The van der Waals surface area contributed by atoms with Crippen molar-refractivity contribution in [3.8, 4) is 0 Å². The van der Waals surface area contributed by atoms with Crippen LogP contribution in [0.1, 0.15) is 0 Å². The Morgan fingerprint density at radius 2 is 2.06 bits per heavy atom. The quantitative estimate of drug-likeness (QED) is 0.565. The Balaban J connectivity index is 2.68. The van der Waals surface area contributed by atoms with Crippen molar-refractivity contribution in [1.82, 2.24) is 9.97 Å². The molecule has 0 fully saturated rings. The molecule has 6 nitrogen and oxygen atoms in total. The SMILES string of the molecule is CN(C)c1ncnc2cc([N+](=O)[O-])ccc12. The topological polar surface area (TPSA) is 72.2 Å². The zero-order chi connectivity index (χ0) is 11.7. The van der Waals surface area contributed by atoms with E-state index in [2.05, 4.69) is 9.97 Å². The first-order valence-corrected chi connectivity index (χ1v) is 4.66. The van der Waals surface area contributed by atoms with Gasteiger partial charge in [0.25, 0.3) is 5.69 Å². The standard InChI is InChI=1S/C10H10N4O2/c1-13(2)10-8-4-3-7(14(15)16)5-9(8)11-6-12-10/h3-6H,1-2H3. The Hall–Kier alpha value is -2.24. The third-order valence-corrected chi connectivity index (χ3v) is 2.23. The lowest BCUT2D eigenvalue weighted by molar-refractivity contribution is -0.384. The summed E-state index contributed by atoms with van der Waals surface area (Å²) in [5.41, 5.74) is 0.615. The van der Waals surface area contributed by atoms with Crippen molar-refractivity contribution in [3.63, 3.8) is 0 Å². The van der Waals surface area contributed by atoms with E-state index in [0.717, 1.165) is 11.2 Å². The van der Waals surface area contributed by atoms with Crippen LogP contribution >= 0.6 is 0 Å². The van der Waals surface area contributed by atoms with Crippen LogP contribution in [0.2, 0.25) is 0 Å². The van der Waals surface area contributed by atoms with Crippen LogP contribution in [0.5, 0.6) is 0 Å². The van der Waals surface area contributed by atoms with Crippen LogP contribution in [0.4, 0.5) is 11.5 Å². The number of nitrogens with zero attached hydrogens (tertiary/aromatic N) is 4. The summed E-state index contributed by atoms with van der Waals surface area (Å²) in [6.45, 7) is 0. The summed E-state index contributed by atoms with van der Waals surface area (Å²) in [7, 11) is 3.73. The lowest BCUT2D eigenvalue weighted by Crippen LogP contribution is -2.11. The van der Waals surface area contributed by atoms with Crippen LogP contribution < -0.4 is 4.90 Å². The molecule has 0 saturated carbocycles. The molecule has 0 N–H and O–H groups in total. The third-order valence-electron chi connectivity index (χ3n) is 2.23. The van der Waals surface area contributed by atoms with Crippen molar-refractivity contribution in [2.75, 3.05) is 19.0 Å². The van der Waals surface area contributed by atoms with Crippen LogP contribution in [0.15, 0.2) is 24.5 Å². The predicted octanol–water partition coefficient (Wildman–Crippen LogP) is 1.60. The average Bonchev–Trinajstić information content (AvgIpc) is 2.27. The van der Waals surface area contributed by atoms with Crippen LogP contribution in [-0.2, 0) is 0 Å². The fraction of sp³-hybridized carbons (Fsp3) is 0.200. The second-order valence-electron chi connectivity index (χ2n) is 3.55. The summed E-state index contributed by atoms with van der Waals surface area (Å²) in [4.78, 5) is 20.2. The number of hydrogen-bond donors (Lipinski definition) is 0. The maximum atomic E-state index is 10.6. The minimum absolute atomic E-state index is 0.0379. The molecule has 0 radical (unpaired) electrons. The Kier molecular flexibility index (Phi) is 2.40. The lowest BCUT2D eigenvalue weighted by Gasteiger charge is -2.12. The van der Waals surface area contributed by atoms with Gasteiger partial charge in [-0.2, -0.15) is 0 Å². The van der Waals surface area contributed by atoms with Gasteiger partial charge in [-0.15, -0.1) is 0 Å². The predicted molar refractivity (Wildman–Crippen MR) is 60.5 cm³/mol. The average molecular weight is 218 g/mol. The summed E-state index contributed by atoms with van der Waals surface area (Å²) >= 11 is 0. The highest BCUT2D eigenvalue weighted by Crippen LogP contribution is 2.24. The van der Waals surface area contributed by atoms with Gasteiger partial charge in [-0.1, -0.05) is 0 Å². The molecule has 0 aliphatic heterocycles. The first kappa shape index (κ1) is 10.3. The van der Waals surface area contributed by atoms with Crippen molar-refractivity contribution < 1.29 is 4.92 Å². The molecule has 0 bridgehead atoms.